The topological polar surface area (TPSA) is 0 Å². The predicted octanol–water partition coefficient (Wildman–Crippen LogP) is 4.80. The molecule has 0 nitrogen and oxygen atoms in total. The average Bonchev–Trinajstić information content (AvgIpc) is 2.22. The first-order chi connectivity index (χ1) is 8.17. The van der Waals surface area contributed by atoms with Crippen molar-refractivity contribution in [3.05, 3.63) is 35.4 Å². The van der Waals surface area contributed by atoms with E-state index in [1.54, 1.807) is 0 Å². The Morgan fingerprint density at radius 2 is 1.56 bits per heavy atom. The fraction of sp³-hybridized carbons (Fsp3) is 0.500. The molecule has 0 unspecified atom stereocenters. The lowest BCUT2D eigenvalue weighted by Crippen LogP contribution is -2.20. The highest BCUT2D eigenvalue weighted by molar-refractivity contribution is 6.83. The summed E-state index contributed by atoms with van der Waals surface area (Å²) in [5.41, 5.74) is 6.16. The second kappa shape index (κ2) is 5.90. The first-order valence-electron chi connectivity index (χ1n) is 6.78. The third-order valence-corrected chi connectivity index (χ3v) is 5.36. The highest BCUT2D eigenvalue weighted by atomic mass is 28.3. The van der Waals surface area contributed by atoms with Crippen LogP contribution in [0.4, 0.5) is 0 Å². The molecular formula is C16H26Si2. The molecule has 0 radical (unpaired) electrons. The van der Waals surface area contributed by atoms with Crippen molar-refractivity contribution in [2.45, 2.75) is 51.7 Å². The van der Waals surface area contributed by atoms with Gasteiger partial charge in [-0.15, -0.1) is 5.54 Å². The zero-order chi connectivity index (χ0) is 13.8. The lowest BCUT2D eigenvalue weighted by Gasteiger charge is -2.16. The molecule has 0 aliphatic heterocycles. The van der Waals surface area contributed by atoms with Crippen molar-refractivity contribution in [2.75, 3.05) is 0 Å². The maximum Gasteiger partial charge on any atom is 0.129 e. The lowest BCUT2D eigenvalue weighted by atomic mass is 10.1. The third kappa shape index (κ3) is 6.23. The summed E-state index contributed by atoms with van der Waals surface area (Å²) in [7, 11) is -2.24. The van der Waals surface area contributed by atoms with E-state index in [0.29, 0.717) is 0 Å². The molecule has 1 rings (SSSR count). The Bertz CT molecular complexity index is 450. The van der Waals surface area contributed by atoms with Crippen LogP contribution < -0.4 is 0 Å². The molecule has 0 aliphatic rings. The van der Waals surface area contributed by atoms with Crippen LogP contribution in [0.1, 0.15) is 11.1 Å². The Hall–Kier alpha value is -0.786. The van der Waals surface area contributed by atoms with Crippen LogP contribution in [-0.2, 0) is 6.42 Å². The van der Waals surface area contributed by atoms with Gasteiger partial charge in [-0.1, -0.05) is 69.4 Å². The number of benzene rings is 1. The number of hydrogen-bond donors (Lipinski definition) is 0. The van der Waals surface area contributed by atoms with Gasteiger partial charge in [-0.05, 0) is 18.1 Å². The largest absolute Gasteiger partial charge is 0.129 e. The average molecular weight is 275 g/mol. The molecule has 1 aromatic rings. The maximum atomic E-state index is 3.48. The summed E-state index contributed by atoms with van der Waals surface area (Å²) in [5.74, 6) is 3.42. The van der Waals surface area contributed by atoms with Crippen LogP contribution in [0.3, 0.4) is 0 Å². The SMILES string of the molecule is C[Si](C)(C)C#Cc1ccccc1CC[Si](C)(C)C. The molecule has 0 fully saturated rings. The normalized spacial score (nSPS) is 11.9. The Kier molecular flexibility index (Phi) is 5.01. The van der Waals surface area contributed by atoms with E-state index >= 15 is 0 Å². The molecule has 0 amide bonds. The fourth-order valence-corrected chi connectivity index (χ4v) is 3.15. The van der Waals surface area contributed by atoms with E-state index in [1.165, 1.54) is 23.6 Å². The van der Waals surface area contributed by atoms with Gasteiger partial charge < -0.3 is 0 Å². The van der Waals surface area contributed by atoms with Crippen LogP contribution in [0.5, 0.6) is 0 Å². The summed E-state index contributed by atoms with van der Waals surface area (Å²) < 4.78 is 0. The fourth-order valence-electron chi connectivity index (χ4n) is 1.62. The Morgan fingerprint density at radius 1 is 0.944 bits per heavy atom. The molecule has 0 atom stereocenters. The zero-order valence-electron chi connectivity index (χ0n) is 12.7. The molecule has 0 spiro atoms. The monoisotopic (exact) mass is 274 g/mol. The summed E-state index contributed by atoms with van der Waals surface area (Å²) in [6.45, 7) is 14.2. The van der Waals surface area contributed by atoms with Crippen LogP contribution >= 0.6 is 0 Å². The van der Waals surface area contributed by atoms with E-state index in [0.717, 1.165) is 0 Å². The van der Waals surface area contributed by atoms with Crippen molar-refractivity contribution in [1.82, 2.24) is 0 Å². The Morgan fingerprint density at radius 3 is 2.11 bits per heavy atom. The minimum Gasteiger partial charge on any atom is -0.127 e. The van der Waals surface area contributed by atoms with E-state index in [-0.39, 0.29) is 0 Å². The smallest absolute Gasteiger partial charge is 0.127 e. The molecule has 0 heterocycles. The molecule has 0 bridgehead atoms. The van der Waals surface area contributed by atoms with E-state index in [2.05, 4.69) is 75.0 Å². The molecule has 0 aromatic heterocycles. The molecular weight excluding hydrogens is 248 g/mol. The highest BCUT2D eigenvalue weighted by Crippen LogP contribution is 2.16. The second-order valence-corrected chi connectivity index (χ2v) is 17.6. The van der Waals surface area contributed by atoms with Gasteiger partial charge in [0.1, 0.15) is 8.07 Å². The van der Waals surface area contributed by atoms with Crippen LogP contribution in [0.15, 0.2) is 24.3 Å². The van der Waals surface area contributed by atoms with Crippen molar-refractivity contribution in [1.29, 1.82) is 0 Å². The van der Waals surface area contributed by atoms with Crippen LogP contribution in [0.2, 0.25) is 45.3 Å². The standard InChI is InChI=1S/C16H26Si2/c1-17(2,3)13-11-15-9-7-8-10-16(15)12-14-18(4,5)6/h7-10H,11,13H2,1-6H3. The van der Waals surface area contributed by atoms with Gasteiger partial charge in [0, 0.05) is 13.6 Å². The van der Waals surface area contributed by atoms with Crippen LogP contribution in [0, 0.1) is 11.5 Å². The highest BCUT2D eigenvalue weighted by Gasteiger charge is 2.13. The quantitative estimate of drug-likeness (QED) is 0.549. The van der Waals surface area contributed by atoms with E-state index in [1.807, 2.05) is 0 Å². The van der Waals surface area contributed by atoms with Gasteiger partial charge >= 0.3 is 0 Å². The summed E-state index contributed by atoms with van der Waals surface area (Å²) in [6, 6.07) is 10.0. The van der Waals surface area contributed by atoms with Gasteiger partial charge in [-0.25, -0.2) is 0 Å². The van der Waals surface area contributed by atoms with Gasteiger partial charge in [0.25, 0.3) is 0 Å². The van der Waals surface area contributed by atoms with Gasteiger partial charge in [0.05, 0.1) is 0 Å². The summed E-state index contributed by atoms with van der Waals surface area (Å²) >= 11 is 0. The second-order valence-electron chi connectivity index (χ2n) is 7.22. The molecule has 1 aromatic carbocycles. The molecule has 98 valence electrons. The van der Waals surface area contributed by atoms with Crippen molar-refractivity contribution >= 4 is 16.1 Å². The van der Waals surface area contributed by atoms with Crippen molar-refractivity contribution < 1.29 is 0 Å². The number of hydrogen-bond acceptors (Lipinski definition) is 0. The minimum absolute atomic E-state index is 0.962. The molecule has 0 aliphatic carbocycles. The number of rotatable bonds is 3. The van der Waals surface area contributed by atoms with E-state index in [4.69, 9.17) is 0 Å². The van der Waals surface area contributed by atoms with E-state index < -0.39 is 16.1 Å². The van der Waals surface area contributed by atoms with Gasteiger partial charge in [-0.3, -0.25) is 0 Å². The third-order valence-electron chi connectivity index (χ3n) is 2.73. The van der Waals surface area contributed by atoms with Gasteiger partial charge in [0.2, 0.25) is 0 Å². The van der Waals surface area contributed by atoms with E-state index in [9.17, 15) is 0 Å². The first-order valence-corrected chi connectivity index (χ1v) is 14.0. The maximum absolute atomic E-state index is 3.48. The molecule has 0 saturated heterocycles. The molecule has 0 N–H and O–H groups in total. The summed E-state index contributed by atoms with van der Waals surface area (Å²) in [4.78, 5) is 0. The Balaban J connectivity index is 2.89. The van der Waals surface area contributed by atoms with Crippen LogP contribution in [-0.4, -0.2) is 16.1 Å². The van der Waals surface area contributed by atoms with Crippen molar-refractivity contribution in [3.63, 3.8) is 0 Å². The van der Waals surface area contributed by atoms with Gasteiger partial charge in [-0.2, -0.15) is 0 Å². The molecule has 2 heteroatoms. The van der Waals surface area contributed by atoms with Crippen molar-refractivity contribution in [2.24, 2.45) is 0 Å². The number of aryl methyl sites for hydroxylation is 1. The van der Waals surface area contributed by atoms with Gasteiger partial charge in [0.15, 0.2) is 0 Å². The summed E-state index contributed by atoms with van der Waals surface area (Å²) in [6.07, 6.45) is 1.19. The minimum atomic E-state index is -1.27. The zero-order valence-corrected chi connectivity index (χ0v) is 14.7. The van der Waals surface area contributed by atoms with Crippen LogP contribution in [0.25, 0.3) is 0 Å². The predicted molar refractivity (Wildman–Crippen MR) is 88.5 cm³/mol. The molecule has 0 saturated carbocycles. The summed E-state index contributed by atoms with van der Waals surface area (Å²) in [5, 5.41) is 0. The Labute approximate surface area is 115 Å². The lowest BCUT2D eigenvalue weighted by molar-refractivity contribution is 1.09. The molecule has 18 heavy (non-hydrogen) atoms. The van der Waals surface area contributed by atoms with Crippen molar-refractivity contribution in [3.8, 4) is 11.5 Å². The first kappa shape index (κ1) is 15.3.